The van der Waals surface area contributed by atoms with Gasteiger partial charge in [-0.15, -0.1) is 0 Å². The quantitative estimate of drug-likeness (QED) is 0.662. The summed E-state index contributed by atoms with van der Waals surface area (Å²) in [5, 5.41) is -0.224. The average molecular weight is 310 g/mol. The normalized spacial score (nSPS) is 24.8. The number of hydrogen-bond donors (Lipinski definition) is 2. The largest absolute Gasteiger partial charge is 0.271 e. The predicted octanol–water partition coefficient (Wildman–Crippen LogP) is 2.41. The molecule has 5 heteroatoms. The number of benzene rings is 1. The van der Waals surface area contributed by atoms with Crippen molar-refractivity contribution in [3.8, 4) is 0 Å². The van der Waals surface area contributed by atoms with Gasteiger partial charge in [0.05, 0.1) is 5.25 Å². The number of nitrogens with one attached hydrogen (secondary N) is 1. The first-order valence-corrected chi connectivity index (χ1v) is 9.50. The SMILES string of the molecule is Cc1cc(C)cc(C(NN)C2CCCC(S(C)(=O)=O)C2)c1. The van der Waals surface area contributed by atoms with Gasteiger partial charge in [0, 0.05) is 12.3 Å². The lowest BCUT2D eigenvalue weighted by atomic mass is 9.80. The monoisotopic (exact) mass is 310 g/mol. The van der Waals surface area contributed by atoms with E-state index in [1.165, 1.54) is 17.4 Å². The maximum absolute atomic E-state index is 11.8. The first-order chi connectivity index (χ1) is 9.81. The van der Waals surface area contributed by atoms with Crippen molar-refractivity contribution in [1.82, 2.24) is 5.43 Å². The molecule has 4 nitrogen and oxygen atoms in total. The molecule has 0 radical (unpaired) electrons. The van der Waals surface area contributed by atoms with Crippen molar-refractivity contribution in [2.75, 3.05) is 6.26 Å². The van der Waals surface area contributed by atoms with E-state index < -0.39 is 9.84 Å². The van der Waals surface area contributed by atoms with Crippen molar-refractivity contribution in [3.63, 3.8) is 0 Å². The van der Waals surface area contributed by atoms with Gasteiger partial charge in [-0.25, -0.2) is 8.42 Å². The van der Waals surface area contributed by atoms with Crippen LogP contribution in [-0.2, 0) is 9.84 Å². The highest BCUT2D eigenvalue weighted by Gasteiger charge is 2.33. The molecule has 3 unspecified atom stereocenters. The van der Waals surface area contributed by atoms with Crippen molar-refractivity contribution < 1.29 is 8.42 Å². The molecule has 0 saturated heterocycles. The molecule has 1 saturated carbocycles. The average Bonchev–Trinajstić information content (AvgIpc) is 2.38. The van der Waals surface area contributed by atoms with Crippen molar-refractivity contribution in [1.29, 1.82) is 0 Å². The first-order valence-electron chi connectivity index (χ1n) is 7.54. The molecular weight excluding hydrogens is 284 g/mol. The van der Waals surface area contributed by atoms with Gasteiger partial charge >= 0.3 is 0 Å². The third-order valence-electron chi connectivity index (χ3n) is 4.53. The molecule has 0 heterocycles. The van der Waals surface area contributed by atoms with Crippen molar-refractivity contribution >= 4 is 9.84 Å². The van der Waals surface area contributed by atoms with Gasteiger partial charge in [0.15, 0.2) is 0 Å². The van der Waals surface area contributed by atoms with Gasteiger partial charge in [0.2, 0.25) is 0 Å². The Morgan fingerprint density at radius 3 is 2.33 bits per heavy atom. The lowest BCUT2D eigenvalue weighted by Crippen LogP contribution is -2.38. The van der Waals surface area contributed by atoms with Gasteiger partial charge in [0.25, 0.3) is 0 Å². The van der Waals surface area contributed by atoms with E-state index in [4.69, 9.17) is 5.84 Å². The topological polar surface area (TPSA) is 72.2 Å². The third-order valence-corrected chi connectivity index (χ3v) is 6.17. The highest BCUT2D eigenvalue weighted by Crippen LogP contribution is 2.36. The summed E-state index contributed by atoms with van der Waals surface area (Å²) >= 11 is 0. The highest BCUT2D eigenvalue weighted by molar-refractivity contribution is 7.91. The molecule has 1 aliphatic carbocycles. The molecule has 0 spiro atoms. The van der Waals surface area contributed by atoms with Crippen molar-refractivity contribution in [3.05, 3.63) is 34.9 Å². The Labute approximate surface area is 128 Å². The standard InChI is InChI=1S/C16H26N2O2S/c1-11-7-12(2)9-14(8-11)16(18-17)13-5-4-6-15(10-13)21(3,19)20/h7-9,13,15-16,18H,4-6,10,17H2,1-3H3. The van der Waals surface area contributed by atoms with Gasteiger partial charge in [-0.1, -0.05) is 35.7 Å². The molecule has 3 atom stereocenters. The van der Waals surface area contributed by atoms with E-state index in [0.717, 1.165) is 24.8 Å². The molecule has 3 N–H and O–H groups in total. The minimum absolute atomic E-state index is 0.0214. The lowest BCUT2D eigenvalue weighted by Gasteiger charge is -2.34. The van der Waals surface area contributed by atoms with Crippen molar-refractivity contribution in [2.45, 2.75) is 50.8 Å². The summed E-state index contributed by atoms with van der Waals surface area (Å²) in [6.45, 7) is 4.15. The number of hydrogen-bond acceptors (Lipinski definition) is 4. The predicted molar refractivity (Wildman–Crippen MR) is 86.6 cm³/mol. The summed E-state index contributed by atoms with van der Waals surface area (Å²) in [7, 11) is -2.97. The van der Waals surface area contributed by atoms with Crippen LogP contribution in [0.1, 0.15) is 48.4 Å². The fourth-order valence-electron chi connectivity index (χ4n) is 3.57. The summed E-state index contributed by atoms with van der Waals surface area (Å²) in [4.78, 5) is 0. The maximum atomic E-state index is 11.8. The van der Waals surface area contributed by atoms with E-state index in [2.05, 4.69) is 37.5 Å². The number of nitrogens with two attached hydrogens (primary N) is 1. The van der Waals surface area contributed by atoms with Crippen LogP contribution < -0.4 is 11.3 Å². The van der Waals surface area contributed by atoms with E-state index in [1.54, 1.807) is 0 Å². The zero-order chi connectivity index (χ0) is 15.6. The van der Waals surface area contributed by atoms with Gasteiger partial charge in [-0.05, 0) is 44.6 Å². The summed E-state index contributed by atoms with van der Waals surface area (Å²) in [6.07, 6.45) is 4.79. The van der Waals surface area contributed by atoms with E-state index in [0.29, 0.717) is 6.42 Å². The van der Waals surface area contributed by atoms with Crippen LogP contribution in [0.4, 0.5) is 0 Å². The Bertz CT molecular complexity index is 578. The second-order valence-electron chi connectivity index (χ2n) is 6.44. The van der Waals surface area contributed by atoms with Gasteiger partial charge in [0.1, 0.15) is 9.84 Å². The Morgan fingerprint density at radius 1 is 1.19 bits per heavy atom. The fraction of sp³-hybridized carbons (Fsp3) is 0.625. The molecule has 1 aromatic carbocycles. The molecule has 1 aliphatic rings. The van der Waals surface area contributed by atoms with Crippen LogP contribution in [0.2, 0.25) is 0 Å². The summed E-state index contributed by atoms with van der Waals surface area (Å²) in [6, 6.07) is 6.44. The smallest absolute Gasteiger partial charge is 0.150 e. The minimum Gasteiger partial charge on any atom is -0.271 e. The Hall–Kier alpha value is -0.910. The zero-order valence-corrected chi connectivity index (χ0v) is 13.9. The second kappa shape index (κ2) is 6.46. The number of aryl methyl sites for hydroxylation is 2. The zero-order valence-electron chi connectivity index (χ0n) is 13.1. The van der Waals surface area contributed by atoms with E-state index in [9.17, 15) is 8.42 Å². The molecular formula is C16H26N2O2S. The molecule has 1 aromatic rings. The molecule has 2 rings (SSSR count). The van der Waals surface area contributed by atoms with Gasteiger partial charge in [-0.2, -0.15) is 0 Å². The lowest BCUT2D eigenvalue weighted by molar-refractivity contribution is 0.274. The van der Waals surface area contributed by atoms with Crippen LogP contribution in [0.25, 0.3) is 0 Å². The fourth-order valence-corrected chi connectivity index (χ4v) is 4.76. The molecule has 0 bridgehead atoms. The summed E-state index contributed by atoms with van der Waals surface area (Å²) in [5.41, 5.74) is 6.50. The molecule has 0 aliphatic heterocycles. The van der Waals surface area contributed by atoms with Crippen LogP contribution >= 0.6 is 0 Å². The Morgan fingerprint density at radius 2 is 1.81 bits per heavy atom. The molecule has 21 heavy (non-hydrogen) atoms. The second-order valence-corrected chi connectivity index (χ2v) is 8.77. The van der Waals surface area contributed by atoms with E-state index >= 15 is 0 Å². The Balaban J connectivity index is 2.24. The van der Waals surface area contributed by atoms with Crippen LogP contribution in [0.3, 0.4) is 0 Å². The van der Waals surface area contributed by atoms with Gasteiger partial charge < -0.3 is 0 Å². The number of hydrazine groups is 1. The molecule has 1 fully saturated rings. The van der Waals surface area contributed by atoms with E-state index in [-0.39, 0.29) is 17.2 Å². The number of rotatable bonds is 4. The summed E-state index contributed by atoms with van der Waals surface area (Å²) < 4.78 is 23.7. The van der Waals surface area contributed by atoms with Crippen LogP contribution in [-0.4, -0.2) is 19.9 Å². The molecule has 0 aromatic heterocycles. The highest BCUT2D eigenvalue weighted by atomic mass is 32.2. The van der Waals surface area contributed by atoms with Gasteiger partial charge in [-0.3, -0.25) is 11.3 Å². The van der Waals surface area contributed by atoms with Crippen LogP contribution in [0.5, 0.6) is 0 Å². The maximum Gasteiger partial charge on any atom is 0.150 e. The van der Waals surface area contributed by atoms with Crippen LogP contribution in [0.15, 0.2) is 18.2 Å². The van der Waals surface area contributed by atoms with E-state index in [1.807, 2.05) is 0 Å². The first kappa shape index (κ1) is 16.5. The van der Waals surface area contributed by atoms with Crippen LogP contribution in [0, 0.1) is 19.8 Å². The number of sulfone groups is 1. The molecule has 0 amide bonds. The minimum atomic E-state index is -2.97. The Kier molecular flexibility index (Phi) is 5.07. The molecule has 118 valence electrons. The van der Waals surface area contributed by atoms with Crippen molar-refractivity contribution in [2.24, 2.45) is 11.8 Å². The third kappa shape index (κ3) is 4.05. The summed E-state index contributed by atoms with van der Waals surface area (Å²) in [5.74, 6) is 6.06.